The van der Waals surface area contributed by atoms with Crippen LogP contribution in [0.1, 0.15) is 5.56 Å². The molecular formula is C27H20Cl2FN5O4S. The standard InChI is InChI=1S/C27H20Cl2FN5O4S/c1-38-22-12-18-21(13-23(22)39-2)33-27(40(37)14-24(36)32-17-7-3-6-16(30)11-17)35-26(18)34-25-19(28)9-15(5-4-8-31)10-20(25)29/h3-7,9-13H,14H2,1-2H3,(H,32,36)(H,33,34,35)/b5-4+. The first-order valence-electron chi connectivity index (χ1n) is 11.4. The molecule has 0 bridgehead atoms. The van der Waals surface area contributed by atoms with Crippen molar-refractivity contribution in [3.8, 4) is 17.6 Å². The fourth-order valence-corrected chi connectivity index (χ4v) is 5.07. The van der Waals surface area contributed by atoms with E-state index in [0.29, 0.717) is 33.7 Å². The van der Waals surface area contributed by atoms with Gasteiger partial charge in [0.25, 0.3) is 0 Å². The number of carbonyl (C=O) groups excluding carboxylic acids is 1. The van der Waals surface area contributed by atoms with E-state index in [-0.39, 0.29) is 26.7 Å². The molecule has 1 unspecified atom stereocenters. The number of nitrogens with one attached hydrogen (secondary N) is 2. The fraction of sp³-hybridized carbons (Fsp3) is 0.111. The molecular weight excluding hydrogens is 580 g/mol. The number of halogens is 3. The molecule has 0 radical (unpaired) electrons. The summed E-state index contributed by atoms with van der Waals surface area (Å²) in [6, 6.07) is 13.6. The van der Waals surface area contributed by atoms with Gasteiger partial charge in [-0.25, -0.2) is 14.4 Å². The van der Waals surface area contributed by atoms with Crippen LogP contribution in [0.4, 0.5) is 21.6 Å². The first-order valence-corrected chi connectivity index (χ1v) is 13.5. The van der Waals surface area contributed by atoms with E-state index in [0.717, 1.165) is 6.07 Å². The molecule has 0 spiro atoms. The molecule has 0 aliphatic heterocycles. The lowest BCUT2D eigenvalue weighted by Gasteiger charge is -2.15. The highest BCUT2D eigenvalue weighted by atomic mass is 35.5. The number of aromatic nitrogens is 2. The summed E-state index contributed by atoms with van der Waals surface area (Å²) >= 11 is 13.0. The minimum absolute atomic E-state index is 0.155. The molecule has 4 rings (SSSR count). The Morgan fingerprint density at radius 1 is 1.10 bits per heavy atom. The van der Waals surface area contributed by atoms with Gasteiger partial charge in [0.05, 0.1) is 41.5 Å². The zero-order chi connectivity index (χ0) is 28.8. The third-order valence-corrected chi connectivity index (χ3v) is 7.12. The van der Waals surface area contributed by atoms with Gasteiger partial charge in [0.15, 0.2) is 11.5 Å². The van der Waals surface area contributed by atoms with E-state index in [4.69, 9.17) is 37.9 Å². The van der Waals surface area contributed by atoms with Crippen LogP contribution in [0.2, 0.25) is 10.0 Å². The Bertz CT molecular complexity index is 1690. The van der Waals surface area contributed by atoms with Crippen molar-refractivity contribution in [3.63, 3.8) is 0 Å². The van der Waals surface area contributed by atoms with Gasteiger partial charge in [-0.1, -0.05) is 29.3 Å². The first kappa shape index (κ1) is 28.8. The van der Waals surface area contributed by atoms with Gasteiger partial charge >= 0.3 is 0 Å². The molecule has 3 aromatic carbocycles. The highest BCUT2D eigenvalue weighted by molar-refractivity contribution is 7.85. The van der Waals surface area contributed by atoms with E-state index in [1.54, 1.807) is 30.3 Å². The van der Waals surface area contributed by atoms with Gasteiger partial charge in [-0.15, -0.1) is 0 Å². The summed E-state index contributed by atoms with van der Waals surface area (Å²) in [5.41, 5.74) is 1.46. The smallest absolute Gasteiger partial charge is 0.237 e. The molecule has 0 saturated carbocycles. The van der Waals surface area contributed by atoms with Gasteiger partial charge in [0.1, 0.15) is 28.2 Å². The third-order valence-electron chi connectivity index (χ3n) is 5.41. The number of allylic oxidation sites excluding steroid dienone is 1. The predicted octanol–water partition coefficient (Wildman–Crippen LogP) is 6.12. The number of benzene rings is 3. The number of hydrogen-bond acceptors (Lipinski definition) is 8. The van der Waals surface area contributed by atoms with Gasteiger partial charge in [0.2, 0.25) is 11.1 Å². The highest BCUT2D eigenvalue weighted by Crippen LogP contribution is 2.39. The number of amides is 1. The number of nitrogens with zero attached hydrogens (tertiary/aromatic N) is 3. The van der Waals surface area contributed by atoms with Crippen LogP contribution >= 0.6 is 23.2 Å². The van der Waals surface area contributed by atoms with Gasteiger partial charge < -0.3 is 20.1 Å². The van der Waals surface area contributed by atoms with E-state index in [1.807, 2.05) is 6.07 Å². The van der Waals surface area contributed by atoms with Gasteiger partial charge in [0, 0.05) is 23.2 Å². The van der Waals surface area contributed by atoms with E-state index in [9.17, 15) is 13.4 Å². The fourth-order valence-electron chi connectivity index (χ4n) is 3.64. The maximum Gasteiger partial charge on any atom is 0.237 e. The summed E-state index contributed by atoms with van der Waals surface area (Å²) in [4.78, 5) is 21.4. The largest absolute Gasteiger partial charge is 0.493 e. The molecule has 1 atom stereocenters. The van der Waals surface area contributed by atoms with Crippen molar-refractivity contribution in [2.45, 2.75) is 5.16 Å². The average molecular weight is 600 g/mol. The molecule has 1 amide bonds. The number of ether oxygens (including phenoxy) is 2. The maximum atomic E-state index is 13.5. The summed E-state index contributed by atoms with van der Waals surface area (Å²) in [5, 5.41) is 15.1. The topological polar surface area (TPSA) is 126 Å². The zero-order valence-electron chi connectivity index (χ0n) is 21.0. The molecule has 0 fully saturated rings. The second kappa shape index (κ2) is 12.7. The van der Waals surface area contributed by atoms with Crippen LogP contribution in [0.25, 0.3) is 17.0 Å². The molecule has 2 N–H and O–H groups in total. The Morgan fingerprint density at radius 2 is 1.80 bits per heavy atom. The molecule has 204 valence electrons. The Hall–Kier alpha value is -4.24. The molecule has 40 heavy (non-hydrogen) atoms. The van der Waals surface area contributed by atoms with Crippen LogP contribution in [0.5, 0.6) is 11.5 Å². The quantitative estimate of drug-likeness (QED) is 0.174. The first-order chi connectivity index (χ1) is 19.2. The van der Waals surface area contributed by atoms with Crippen molar-refractivity contribution in [1.82, 2.24) is 9.97 Å². The maximum absolute atomic E-state index is 13.5. The number of rotatable bonds is 9. The molecule has 0 saturated heterocycles. The lowest BCUT2D eigenvalue weighted by atomic mass is 10.1. The Labute approximate surface area is 241 Å². The summed E-state index contributed by atoms with van der Waals surface area (Å²) < 4.78 is 37.5. The number of fused-ring (bicyclic) bond motifs is 1. The van der Waals surface area contributed by atoms with Crippen molar-refractivity contribution < 1.29 is 22.9 Å². The monoisotopic (exact) mass is 599 g/mol. The van der Waals surface area contributed by atoms with Crippen molar-refractivity contribution in [3.05, 3.63) is 76.0 Å². The van der Waals surface area contributed by atoms with Crippen molar-refractivity contribution in [2.24, 2.45) is 0 Å². The predicted molar refractivity (Wildman–Crippen MR) is 153 cm³/mol. The van der Waals surface area contributed by atoms with Crippen LogP contribution in [0.15, 0.2) is 59.8 Å². The van der Waals surface area contributed by atoms with Gasteiger partial charge in [-0.2, -0.15) is 5.26 Å². The van der Waals surface area contributed by atoms with E-state index in [2.05, 4.69) is 20.6 Å². The van der Waals surface area contributed by atoms with Gasteiger partial charge in [-0.3, -0.25) is 9.00 Å². The highest BCUT2D eigenvalue weighted by Gasteiger charge is 2.20. The molecule has 4 aromatic rings. The Kier molecular flexibility index (Phi) is 9.16. The third kappa shape index (κ3) is 6.66. The Morgan fingerprint density at radius 3 is 2.45 bits per heavy atom. The number of anilines is 3. The summed E-state index contributed by atoms with van der Waals surface area (Å²) in [5.74, 6) is -0.700. The number of nitriles is 1. The van der Waals surface area contributed by atoms with Crippen LogP contribution in [-0.4, -0.2) is 40.1 Å². The van der Waals surface area contributed by atoms with Gasteiger partial charge in [-0.05, 0) is 48.0 Å². The van der Waals surface area contributed by atoms with Crippen LogP contribution < -0.4 is 20.1 Å². The molecule has 1 aromatic heterocycles. The van der Waals surface area contributed by atoms with Crippen molar-refractivity contribution in [1.29, 1.82) is 5.26 Å². The van der Waals surface area contributed by atoms with E-state index in [1.165, 1.54) is 38.5 Å². The second-order valence-corrected chi connectivity index (χ2v) is 10.2. The minimum Gasteiger partial charge on any atom is -0.493 e. The van der Waals surface area contributed by atoms with Crippen LogP contribution in [0.3, 0.4) is 0 Å². The molecule has 1 heterocycles. The lowest BCUT2D eigenvalue weighted by molar-refractivity contribution is -0.113. The van der Waals surface area contributed by atoms with Crippen LogP contribution in [0, 0.1) is 17.1 Å². The van der Waals surface area contributed by atoms with Crippen molar-refractivity contribution in [2.75, 3.05) is 30.6 Å². The summed E-state index contributed by atoms with van der Waals surface area (Å²) in [7, 11) is 0.935. The zero-order valence-corrected chi connectivity index (χ0v) is 23.3. The normalized spacial score (nSPS) is 11.7. The van der Waals surface area contributed by atoms with Crippen LogP contribution in [-0.2, 0) is 15.6 Å². The number of methoxy groups -OCH3 is 2. The summed E-state index contributed by atoms with van der Waals surface area (Å²) in [6.45, 7) is 0. The second-order valence-electron chi connectivity index (χ2n) is 8.07. The molecule has 0 aliphatic rings. The lowest BCUT2D eigenvalue weighted by Crippen LogP contribution is -2.21. The minimum atomic E-state index is -2.00. The Balaban J connectivity index is 1.74. The van der Waals surface area contributed by atoms with E-state index < -0.39 is 28.3 Å². The SMILES string of the molecule is COc1cc2nc(S(=O)CC(=O)Nc3cccc(F)c3)nc(Nc3c(Cl)cc(/C=C/C#N)cc3Cl)c2cc1OC. The molecule has 13 heteroatoms. The molecule has 0 aliphatic carbocycles. The summed E-state index contributed by atoms with van der Waals surface area (Å²) in [6.07, 6.45) is 2.84. The van der Waals surface area contributed by atoms with E-state index >= 15 is 0 Å². The average Bonchev–Trinajstić information content (AvgIpc) is 2.92. The number of carbonyl (C=O) groups is 1. The van der Waals surface area contributed by atoms with Crippen molar-refractivity contribution >= 4 is 74.1 Å². The number of hydrogen-bond donors (Lipinski definition) is 2. The molecule has 9 nitrogen and oxygen atoms in total.